The van der Waals surface area contributed by atoms with Gasteiger partial charge in [0.05, 0.1) is 5.41 Å². The molecule has 0 spiro atoms. The van der Waals surface area contributed by atoms with Gasteiger partial charge in [0, 0.05) is 45.7 Å². The molecule has 21 heavy (non-hydrogen) atoms. The van der Waals surface area contributed by atoms with Crippen LogP contribution in [-0.2, 0) is 9.59 Å². The second kappa shape index (κ2) is 7.75. The molecule has 0 aromatic carbocycles. The number of nitrogens with zero attached hydrogens (tertiary/aromatic N) is 2. The van der Waals surface area contributed by atoms with Crippen molar-refractivity contribution in [3.05, 3.63) is 0 Å². The lowest BCUT2D eigenvalue weighted by atomic mass is 9.76. The molecule has 1 heterocycles. The first kappa shape index (κ1) is 17.9. The van der Waals surface area contributed by atoms with Gasteiger partial charge in [-0.3, -0.25) is 14.5 Å². The number of carbonyl (C=O) groups excluding carboxylic acids is 1. The average Bonchev–Trinajstić information content (AvgIpc) is 2.40. The monoisotopic (exact) mass is 299 g/mol. The normalized spacial score (nSPS) is 20.2. The maximum atomic E-state index is 12.0. The van der Waals surface area contributed by atoms with Crippen LogP contribution >= 0.6 is 0 Å². The van der Waals surface area contributed by atoms with Gasteiger partial charge < -0.3 is 15.3 Å². The number of rotatable bonds is 7. The summed E-state index contributed by atoms with van der Waals surface area (Å²) in [5, 5.41) is 12.2. The van der Waals surface area contributed by atoms with Crippen LogP contribution in [0.4, 0.5) is 0 Å². The van der Waals surface area contributed by atoms with Crippen molar-refractivity contribution >= 4 is 11.9 Å². The molecule has 1 amide bonds. The first-order valence-electron chi connectivity index (χ1n) is 7.66. The van der Waals surface area contributed by atoms with Gasteiger partial charge in [-0.1, -0.05) is 13.8 Å². The first-order chi connectivity index (χ1) is 9.75. The number of hydrogen-bond acceptors (Lipinski definition) is 4. The Morgan fingerprint density at radius 3 is 2.29 bits per heavy atom. The average molecular weight is 299 g/mol. The minimum absolute atomic E-state index is 0.0305. The van der Waals surface area contributed by atoms with Crippen LogP contribution in [0.1, 0.15) is 27.2 Å². The van der Waals surface area contributed by atoms with Crippen molar-refractivity contribution in [3.63, 3.8) is 0 Å². The minimum atomic E-state index is -1.00. The molecule has 6 nitrogen and oxygen atoms in total. The number of likely N-dealkylation sites (N-methyl/N-ethyl adjacent to an activating group) is 1. The summed E-state index contributed by atoms with van der Waals surface area (Å²) in [5.74, 6) is -1.17. The number of aliphatic carboxylic acids is 1. The van der Waals surface area contributed by atoms with Gasteiger partial charge in [0.25, 0.3) is 0 Å². The maximum absolute atomic E-state index is 12.0. The highest BCUT2D eigenvalue weighted by molar-refractivity contribution is 5.84. The van der Waals surface area contributed by atoms with Gasteiger partial charge in [-0.05, 0) is 19.9 Å². The molecule has 1 saturated heterocycles. The van der Waals surface area contributed by atoms with E-state index < -0.39 is 11.4 Å². The fourth-order valence-electron chi connectivity index (χ4n) is 2.35. The third-order valence-electron chi connectivity index (χ3n) is 4.64. The van der Waals surface area contributed by atoms with E-state index in [1.165, 1.54) is 0 Å². The lowest BCUT2D eigenvalue weighted by Gasteiger charge is -2.32. The predicted octanol–water partition coefficient (Wildman–Crippen LogP) is 0.487. The highest BCUT2D eigenvalue weighted by Gasteiger charge is 2.38. The largest absolute Gasteiger partial charge is 0.481 e. The maximum Gasteiger partial charge on any atom is 0.310 e. The second-order valence-corrected chi connectivity index (χ2v) is 6.55. The van der Waals surface area contributed by atoms with E-state index in [1.54, 1.807) is 6.92 Å². The fraction of sp³-hybridized carbons (Fsp3) is 0.867. The number of carboxylic acids is 1. The summed E-state index contributed by atoms with van der Waals surface area (Å²) >= 11 is 0. The number of piperazine rings is 1. The molecule has 0 radical (unpaired) electrons. The predicted molar refractivity (Wildman–Crippen MR) is 82.1 cm³/mol. The van der Waals surface area contributed by atoms with Crippen LogP contribution in [0.5, 0.6) is 0 Å². The van der Waals surface area contributed by atoms with Gasteiger partial charge in [-0.2, -0.15) is 0 Å². The zero-order chi connectivity index (χ0) is 16.0. The van der Waals surface area contributed by atoms with Crippen molar-refractivity contribution in [2.45, 2.75) is 27.2 Å². The quantitative estimate of drug-likeness (QED) is 0.716. The van der Waals surface area contributed by atoms with Crippen molar-refractivity contribution < 1.29 is 14.7 Å². The lowest BCUT2D eigenvalue weighted by molar-refractivity contribution is -0.153. The standard InChI is InChI=1S/C15H29N3O3/c1-12(2)15(3,14(20)21)11-13(19)16-5-6-18-9-7-17(4)8-10-18/h12H,5-11H2,1-4H3,(H,16,19)(H,20,21). The molecule has 1 aliphatic rings. The van der Waals surface area contributed by atoms with Crippen LogP contribution in [0, 0.1) is 11.3 Å². The molecule has 122 valence electrons. The van der Waals surface area contributed by atoms with Gasteiger partial charge in [0.2, 0.25) is 5.91 Å². The molecule has 0 bridgehead atoms. The summed E-state index contributed by atoms with van der Waals surface area (Å²) in [6.45, 7) is 10.9. The van der Waals surface area contributed by atoms with Crippen molar-refractivity contribution in [1.29, 1.82) is 0 Å². The zero-order valence-electron chi connectivity index (χ0n) is 13.7. The van der Waals surface area contributed by atoms with Crippen molar-refractivity contribution in [2.24, 2.45) is 11.3 Å². The summed E-state index contributed by atoms with van der Waals surface area (Å²) in [4.78, 5) is 27.9. The third kappa shape index (κ3) is 5.28. The number of nitrogens with one attached hydrogen (secondary N) is 1. The molecule has 0 aliphatic carbocycles. The van der Waals surface area contributed by atoms with E-state index >= 15 is 0 Å². The number of amides is 1. The van der Waals surface area contributed by atoms with Crippen LogP contribution in [0.15, 0.2) is 0 Å². The Morgan fingerprint density at radius 2 is 1.81 bits per heavy atom. The Hall–Kier alpha value is -1.14. The molecule has 0 saturated carbocycles. The molecule has 0 aromatic rings. The minimum Gasteiger partial charge on any atom is -0.481 e. The molecule has 1 atom stereocenters. The first-order valence-corrected chi connectivity index (χ1v) is 7.66. The zero-order valence-corrected chi connectivity index (χ0v) is 13.7. The van der Waals surface area contributed by atoms with E-state index in [0.29, 0.717) is 6.54 Å². The topological polar surface area (TPSA) is 72.9 Å². The molecule has 1 unspecified atom stereocenters. The molecular formula is C15H29N3O3. The van der Waals surface area contributed by atoms with Gasteiger partial charge in [-0.25, -0.2) is 0 Å². The summed E-state index contributed by atoms with van der Waals surface area (Å²) in [6.07, 6.45) is 0.0305. The Morgan fingerprint density at radius 1 is 1.24 bits per heavy atom. The molecule has 0 aromatic heterocycles. The molecular weight excluding hydrogens is 270 g/mol. The van der Waals surface area contributed by atoms with Crippen LogP contribution in [0.2, 0.25) is 0 Å². The summed E-state index contributed by atoms with van der Waals surface area (Å²) in [5.41, 5.74) is -1.00. The van der Waals surface area contributed by atoms with Crippen LogP contribution in [0.25, 0.3) is 0 Å². The second-order valence-electron chi connectivity index (χ2n) is 6.55. The number of carboxylic acid groups (broad SMARTS) is 1. The third-order valence-corrected chi connectivity index (χ3v) is 4.64. The number of carbonyl (C=O) groups is 2. The molecule has 1 rings (SSSR count). The van der Waals surface area contributed by atoms with Crippen LogP contribution < -0.4 is 5.32 Å². The smallest absolute Gasteiger partial charge is 0.310 e. The SMILES string of the molecule is CC(C)C(C)(CC(=O)NCCN1CCN(C)CC1)C(=O)O. The van der Waals surface area contributed by atoms with E-state index in [0.717, 1.165) is 32.7 Å². The van der Waals surface area contributed by atoms with E-state index in [2.05, 4.69) is 22.2 Å². The van der Waals surface area contributed by atoms with Crippen LogP contribution in [-0.4, -0.2) is 73.1 Å². The van der Waals surface area contributed by atoms with E-state index in [-0.39, 0.29) is 18.2 Å². The van der Waals surface area contributed by atoms with Crippen molar-refractivity contribution in [3.8, 4) is 0 Å². The Balaban J connectivity index is 2.32. The molecule has 1 aliphatic heterocycles. The van der Waals surface area contributed by atoms with E-state index in [9.17, 15) is 14.7 Å². The van der Waals surface area contributed by atoms with Crippen LogP contribution in [0.3, 0.4) is 0 Å². The van der Waals surface area contributed by atoms with Crippen molar-refractivity contribution in [1.82, 2.24) is 15.1 Å². The Bertz CT molecular complexity index is 365. The van der Waals surface area contributed by atoms with Gasteiger partial charge in [0.15, 0.2) is 0 Å². The molecule has 2 N–H and O–H groups in total. The summed E-state index contributed by atoms with van der Waals surface area (Å²) in [6, 6.07) is 0. The Kier molecular flexibility index (Phi) is 6.61. The van der Waals surface area contributed by atoms with Crippen molar-refractivity contribution in [2.75, 3.05) is 46.3 Å². The van der Waals surface area contributed by atoms with E-state index in [1.807, 2.05) is 13.8 Å². The Labute approximate surface area is 127 Å². The highest BCUT2D eigenvalue weighted by atomic mass is 16.4. The van der Waals surface area contributed by atoms with E-state index in [4.69, 9.17) is 0 Å². The number of hydrogen-bond donors (Lipinski definition) is 2. The lowest BCUT2D eigenvalue weighted by Crippen LogP contribution is -2.47. The summed E-state index contributed by atoms with van der Waals surface area (Å²) in [7, 11) is 2.11. The van der Waals surface area contributed by atoms with Gasteiger partial charge >= 0.3 is 5.97 Å². The van der Waals surface area contributed by atoms with Gasteiger partial charge in [-0.15, -0.1) is 0 Å². The summed E-state index contributed by atoms with van der Waals surface area (Å²) < 4.78 is 0. The molecule has 6 heteroatoms. The molecule has 1 fully saturated rings. The highest BCUT2D eigenvalue weighted by Crippen LogP contribution is 2.31. The van der Waals surface area contributed by atoms with Gasteiger partial charge in [0.1, 0.15) is 0 Å². The fourth-order valence-corrected chi connectivity index (χ4v) is 2.35.